The van der Waals surface area contributed by atoms with Gasteiger partial charge < -0.3 is 15.4 Å². The molecule has 0 radical (unpaired) electrons. The minimum atomic E-state index is -2.69. The zero-order valence-electron chi connectivity index (χ0n) is 24.0. The fraction of sp³-hybridized carbons (Fsp3) is 0.724. The van der Waals surface area contributed by atoms with Crippen molar-refractivity contribution in [2.75, 3.05) is 0 Å². The third kappa shape index (κ3) is 5.55. The summed E-state index contributed by atoms with van der Waals surface area (Å²) in [5.41, 5.74) is -0.475. The van der Waals surface area contributed by atoms with Crippen LogP contribution in [0.4, 0.5) is 22.4 Å². The highest BCUT2D eigenvalue weighted by Gasteiger charge is 2.73. The first-order valence-corrected chi connectivity index (χ1v) is 15.0. The van der Waals surface area contributed by atoms with Gasteiger partial charge in [-0.05, 0) is 77.2 Å². The molecular weight excluding hydrogens is 578 g/mol. The average Bonchev–Trinajstić information content (AvgIpc) is 3.59. The molecule has 0 aliphatic heterocycles. The molecule has 0 saturated heterocycles. The van der Waals surface area contributed by atoms with E-state index in [9.17, 15) is 27.2 Å². The summed E-state index contributed by atoms with van der Waals surface area (Å²) in [7, 11) is 0. The molecule has 2 aromatic heterocycles. The topological polar surface area (TPSA) is 97.6 Å². The van der Waals surface area contributed by atoms with Crippen molar-refractivity contribution in [3.8, 4) is 0 Å². The Kier molecular flexibility index (Phi) is 6.79. The average molecular weight is 614 g/mol. The highest BCUT2D eigenvalue weighted by atomic mass is 35.5. The van der Waals surface area contributed by atoms with Gasteiger partial charge in [-0.1, -0.05) is 11.6 Å². The minimum Gasteiger partial charge on any atom is -0.444 e. The van der Waals surface area contributed by atoms with E-state index in [1.165, 1.54) is 4.52 Å². The number of ether oxygens (including phenoxy) is 1. The minimum absolute atomic E-state index is 0.0245. The van der Waals surface area contributed by atoms with Gasteiger partial charge >= 0.3 is 6.09 Å². The number of rotatable bonds is 8. The monoisotopic (exact) mass is 613 g/mol. The molecule has 4 aliphatic carbocycles. The Hall–Kier alpha value is -2.63. The molecule has 6 rings (SSSR count). The number of hydrogen-bond acceptors (Lipinski definition) is 5. The molecule has 2 N–H and O–H groups in total. The van der Waals surface area contributed by atoms with Gasteiger partial charge in [0.05, 0.1) is 23.5 Å². The van der Waals surface area contributed by atoms with Crippen molar-refractivity contribution in [1.82, 2.24) is 25.2 Å². The fourth-order valence-corrected chi connectivity index (χ4v) is 7.11. The molecule has 4 saturated carbocycles. The molecule has 0 bridgehead atoms. The van der Waals surface area contributed by atoms with E-state index < -0.39 is 47.0 Å². The number of carbonyl (C=O) groups excluding carboxylic acids is 2. The fourth-order valence-electron chi connectivity index (χ4n) is 6.86. The molecule has 2 aromatic rings. The summed E-state index contributed by atoms with van der Waals surface area (Å²) >= 11 is 6.62. The number of halogens is 5. The van der Waals surface area contributed by atoms with E-state index in [0.717, 1.165) is 12.8 Å². The van der Waals surface area contributed by atoms with Crippen LogP contribution in [-0.4, -0.2) is 44.0 Å². The van der Waals surface area contributed by atoms with Crippen LogP contribution >= 0.6 is 11.6 Å². The molecule has 4 fully saturated rings. The maximum atomic E-state index is 14.1. The molecule has 42 heavy (non-hydrogen) atoms. The van der Waals surface area contributed by atoms with Gasteiger partial charge in [-0.3, -0.25) is 4.79 Å². The van der Waals surface area contributed by atoms with Gasteiger partial charge in [-0.15, -0.1) is 0 Å². The number of fused-ring (bicyclic) bond motifs is 2. The van der Waals surface area contributed by atoms with Crippen molar-refractivity contribution in [3.63, 3.8) is 0 Å². The van der Waals surface area contributed by atoms with Crippen LogP contribution in [0.1, 0.15) is 89.9 Å². The van der Waals surface area contributed by atoms with E-state index in [0.29, 0.717) is 16.9 Å². The van der Waals surface area contributed by atoms with Crippen molar-refractivity contribution in [3.05, 3.63) is 28.7 Å². The number of imidazole rings is 1. The van der Waals surface area contributed by atoms with Crippen LogP contribution in [0, 0.1) is 29.6 Å². The van der Waals surface area contributed by atoms with Gasteiger partial charge in [-0.25, -0.2) is 31.9 Å². The van der Waals surface area contributed by atoms with Gasteiger partial charge in [0.15, 0.2) is 10.8 Å². The van der Waals surface area contributed by atoms with Crippen LogP contribution in [-0.2, 0) is 15.1 Å². The quantitative estimate of drug-likeness (QED) is 0.335. The van der Waals surface area contributed by atoms with Crippen LogP contribution in [0.3, 0.4) is 0 Å². The zero-order chi connectivity index (χ0) is 30.4. The number of alkyl carbamates (subject to hydrolysis) is 1. The maximum Gasteiger partial charge on any atom is 0.408 e. The van der Waals surface area contributed by atoms with Gasteiger partial charge in [0.25, 0.3) is 5.92 Å². The number of hydrogen-bond donors (Lipinski definition) is 2. The highest BCUT2D eigenvalue weighted by Crippen LogP contribution is 2.67. The first-order valence-electron chi connectivity index (χ1n) is 14.6. The van der Waals surface area contributed by atoms with E-state index in [1.807, 2.05) is 0 Å². The Bertz CT molecular complexity index is 1400. The van der Waals surface area contributed by atoms with E-state index in [-0.39, 0.29) is 60.9 Å². The molecule has 0 unspecified atom stereocenters. The lowest BCUT2D eigenvalue weighted by Gasteiger charge is -2.37. The predicted molar refractivity (Wildman–Crippen MR) is 145 cm³/mol. The van der Waals surface area contributed by atoms with Crippen molar-refractivity contribution < 1.29 is 31.9 Å². The Balaban J connectivity index is 1.27. The molecule has 230 valence electrons. The molecule has 8 nitrogen and oxygen atoms in total. The zero-order valence-corrected chi connectivity index (χ0v) is 24.8. The summed E-state index contributed by atoms with van der Waals surface area (Å²) in [6.45, 7) is 6.99. The predicted octanol–water partition coefficient (Wildman–Crippen LogP) is 6.42. The van der Waals surface area contributed by atoms with Crippen molar-refractivity contribution >= 4 is 29.2 Å². The van der Waals surface area contributed by atoms with Crippen LogP contribution in [0.25, 0.3) is 5.65 Å². The SMILES string of the molecule is CC(C)(C)OC(=O)N[C@](C)(c1cn2nc(Cl)c([C@H](NC(=O)CC3CC(F)(F)C3)C3CC3)cc2n1)[C@@H]1C[C@@H]2[C@H](C1)C2(F)F. The van der Waals surface area contributed by atoms with Gasteiger partial charge in [0, 0.05) is 36.7 Å². The summed E-state index contributed by atoms with van der Waals surface area (Å²) in [4.78, 5) is 30.5. The first kappa shape index (κ1) is 29.4. The Labute approximate surface area is 246 Å². The first-order chi connectivity index (χ1) is 19.4. The maximum absolute atomic E-state index is 14.1. The normalized spacial score (nSPS) is 28.4. The summed E-state index contributed by atoms with van der Waals surface area (Å²) in [6, 6.07) is 1.28. The molecule has 2 heterocycles. The summed E-state index contributed by atoms with van der Waals surface area (Å²) in [6.07, 6.45) is 2.64. The third-order valence-corrected chi connectivity index (χ3v) is 9.67. The third-order valence-electron chi connectivity index (χ3n) is 9.38. The van der Waals surface area contributed by atoms with Crippen LogP contribution in [0.15, 0.2) is 12.3 Å². The molecule has 4 aliphatic rings. The van der Waals surface area contributed by atoms with Crippen LogP contribution in [0.2, 0.25) is 5.15 Å². The smallest absolute Gasteiger partial charge is 0.408 e. The van der Waals surface area contributed by atoms with Crippen molar-refractivity contribution in [1.29, 1.82) is 0 Å². The molecule has 0 aromatic carbocycles. The van der Waals surface area contributed by atoms with E-state index in [2.05, 4.69) is 15.7 Å². The molecule has 13 heteroatoms. The number of alkyl halides is 4. The summed E-state index contributed by atoms with van der Waals surface area (Å²) < 4.78 is 61.7. The summed E-state index contributed by atoms with van der Waals surface area (Å²) in [5.74, 6) is -7.62. The second-order valence-electron chi connectivity index (χ2n) is 13.9. The van der Waals surface area contributed by atoms with Gasteiger partial charge in [-0.2, -0.15) is 5.10 Å². The second-order valence-corrected chi connectivity index (χ2v) is 14.3. The molecule has 5 atom stereocenters. The molecule has 2 amide bonds. The lowest BCUT2D eigenvalue weighted by atomic mass is 9.79. The molecule has 0 spiro atoms. The number of nitrogens with one attached hydrogen (secondary N) is 2. The van der Waals surface area contributed by atoms with E-state index in [1.54, 1.807) is 40.0 Å². The van der Waals surface area contributed by atoms with Gasteiger partial charge in [0.2, 0.25) is 11.8 Å². The standard InChI is InChI=1S/C29H36ClF4N5O3/c1-26(2,3)42-25(41)37-27(4,16-8-18-19(9-16)29(18,33)34)20-13-39-21(35-20)10-17(24(30)38-39)23(15-5-6-15)36-22(40)7-14-11-28(31,32)12-14/h10,13-16,18-19,23H,5-9,11-12H2,1-4H3,(H,36,40)(H,37,41)/t16-,18-,19+,23-,27+/m1/s1. The molecular formula is C29H36ClF4N5O3. The van der Waals surface area contributed by atoms with E-state index in [4.69, 9.17) is 21.3 Å². The Morgan fingerprint density at radius 2 is 1.79 bits per heavy atom. The lowest BCUT2D eigenvalue weighted by Crippen LogP contribution is -2.50. The number of aromatic nitrogens is 3. The largest absolute Gasteiger partial charge is 0.444 e. The number of carbonyl (C=O) groups is 2. The highest BCUT2D eigenvalue weighted by molar-refractivity contribution is 6.30. The van der Waals surface area contributed by atoms with Gasteiger partial charge in [0.1, 0.15) is 5.60 Å². The Morgan fingerprint density at radius 3 is 2.36 bits per heavy atom. The number of nitrogens with zero attached hydrogens (tertiary/aromatic N) is 3. The number of amides is 2. The van der Waals surface area contributed by atoms with Crippen molar-refractivity contribution in [2.24, 2.45) is 29.6 Å². The lowest BCUT2D eigenvalue weighted by molar-refractivity contribution is -0.134. The van der Waals surface area contributed by atoms with Crippen LogP contribution in [0.5, 0.6) is 0 Å². The van der Waals surface area contributed by atoms with E-state index >= 15 is 0 Å². The summed E-state index contributed by atoms with van der Waals surface area (Å²) in [5, 5.41) is 10.5. The van der Waals surface area contributed by atoms with Crippen LogP contribution < -0.4 is 10.6 Å². The Morgan fingerprint density at radius 1 is 1.14 bits per heavy atom. The second kappa shape index (κ2) is 9.69. The van der Waals surface area contributed by atoms with Crippen molar-refractivity contribution in [2.45, 2.75) is 102 Å².